The van der Waals surface area contributed by atoms with Crippen LogP contribution in [0.4, 0.5) is 10.1 Å². The van der Waals surface area contributed by atoms with Gasteiger partial charge in [0.1, 0.15) is 5.82 Å². The van der Waals surface area contributed by atoms with Crippen molar-refractivity contribution >= 4 is 11.6 Å². The van der Waals surface area contributed by atoms with E-state index in [0.29, 0.717) is 12.2 Å². The smallest absolute Gasteiger partial charge is 0.256 e. The van der Waals surface area contributed by atoms with Crippen LogP contribution in [0.3, 0.4) is 0 Å². The molecule has 4 heteroatoms. The molecule has 2 N–H and O–H groups in total. The molecular weight excluding hydrogens is 231 g/mol. The number of carbonyl (C=O) groups is 1. The number of nitrogens with two attached hydrogens (primary N) is 1. The molecule has 1 aromatic rings. The molecule has 1 saturated heterocycles. The number of anilines is 1. The van der Waals surface area contributed by atoms with E-state index >= 15 is 0 Å². The first kappa shape index (κ1) is 12.9. The molecule has 1 aliphatic heterocycles. The van der Waals surface area contributed by atoms with Crippen molar-refractivity contribution in [3.8, 4) is 0 Å². The lowest BCUT2D eigenvalue weighted by atomic mass is 9.84. The summed E-state index contributed by atoms with van der Waals surface area (Å²) in [6.07, 6.45) is 2.09. The lowest BCUT2D eigenvalue weighted by Gasteiger charge is -2.38. The lowest BCUT2D eigenvalue weighted by Crippen LogP contribution is -2.43. The van der Waals surface area contributed by atoms with Gasteiger partial charge in [-0.15, -0.1) is 0 Å². The molecule has 0 aromatic heterocycles. The molecular formula is C14H19FN2O. The van der Waals surface area contributed by atoms with Gasteiger partial charge in [0.2, 0.25) is 0 Å². The van der Waals surface area contributed by atoms with E-state index in [2.05, 4.69) is 13.8 Å². The predicted molar refractivity (Wildman–Crippen MR) is 69.7 cm³/mol. The van der Waals surface area contributed by atoms with Crippen LogP contribution < -0.4 is 5.73 Å². The van der Waals surface area contributed by atoms with Gasteiger partial charge in [-0.05, 0) is 36.5 Å². The summed E-state index contributed by atoms with van der Waals surface area (Å²) < 4.78 is 13.2. The van der Waals surface area contributed by atoms with E-state index in [1.807, 2.05) is 0 Å². The number of likely N-dealkylation sites (tertiary alicyclic amines) is 1. The Kier molecular flexibility index (Phi) is 3.28. The van der Waals surface area contributed by atoms with E-state index in [1.54, 1.807) is 4.90 Å². The Hall–Kier alpha value is -1.58. The van der Waals surface area contributed by atoms with Crippen molar-refractivity contribution in [2.75, 3.05) is 18.8 Å². The number of nitrogen functional groups attached to an aromatic ring is 1. The second-order valence-electron chi connectivity index (χ2n) is 5.73. The number of hydrogen-bond donors (Lipinski definition) is 1. The van der Waals surface area contributed by atoms with Gasteiger partial charge in [-0.3, -0.25) is 4.79 Å². The van der Waals surface area contributed by atoms with E-state index in [4.69, 9.17) is 5.73 Å². The van der Waals surface area contributed by atoms with Crippen molar-refractivity contribution in [3.63, 3.8) is 0 Å². The largest absolute Gasteiger partial charge is 0.398 e. The molecule has 2 rings (SSSR count). The number of piperidine rings is 1. The molecule has 0 radical (unpaired) electrons. The van der Waals surface area contributed by atoms with Crippen molar-refractivity contribution in [2.24, 2.45) is 5.41 Å². The van der Waals surface area contributed by atoms with Gasteiger partial charge >= 0.3 is 0 Å². The summed E-state index contributed by atoms with van der Waals surface area (Å²) in [4.78, 5) is 14.1. The number of hydrogen-bond acceptors (Lipinski definition) is 2. The maximum Gasteiger partial charge on any atom is 0.256 e. The Morgan fingerprint density at radius 3 is 2.83 bits per heavy atom. The van der Waals surface area contributed by atoms with Gasteiger partial charge in [-0.25, -0.2) is 4.39 Å². The first-order valence-electron chi connectivity index (χ1n) is 6.23. The first-order valence-corrected chi connectivity index (χ1v) is 6.23. The second-order valence-corrected chi connectivity index (χ2v) is 5.73. The Morgan fingerprint density at radius 1 is 1.44 bits per heavy atom. The summed E-state index contributed by atoms with van der Waals surface area (Å²) >= 11 is 0. The lowest BCUT2D eigenvalue weighted by molar-refractivity contribution is 0.0584. The first-order chi connectivity index (χ1) is 8.39. The van der Waals surface area contributed by atoms with E-state index < -0.39 is 5.82 Å². The molecule has 1 heterocycles. The fourth-order valence-corrected chi connectivity index (χ4v) is 2.48. The normalized spacial score (nSPS) is 18.7. The van der Waals surface area contributed by atoms with Gasteiger partial charge in [0.15, 0.2) is 0 Å². The van der Waals surface area contributed by atoms with Crippen LogP contribution >= 0.6 is 0 Å². The van der Waals surface area contributed by atoms with Crippen molar-refractivity contribution in [3.05, 3.63) is 29.6 Å². The van der Waals surface area contributed by atoms with E-state index in [-0.39, 0.29) is 16.9 Å². The third-order valence-corrected chi connectivity index (χ3v) is 3.43. The average molecular weight is 250 g/mol. The molecule has 3 nitrogen and oxygen atoms in total. The quantitative estimate of drug-likeness (QED) is 0.779. The molecule has 0 spiro atoms. The fraction of sp³-hybridized carbons (Fsp3) is 0.500. The van der Waals surface area contributed by atoms with Crippen molar-refractivity contribution in [1.29, 1.82) is 0 Å². The predicted octanol–water partition coefficient (Wildman–Crippen LogP) is 2.67. The highest BCUT2D eigenvalue weighted by Gasteiger charge is 2.30. The van der Waals surface area contributed by atoms with E-state index in [1.165, 1.54) is 18.2 Å². The zero-order valence-electron chi connectivity index (χ0n) is 10.9. The maximum absolute atomic E-state index is 13.2. The van der Waals surface area contributed by atoms with Crippen LogP contribution in [-0.4, -0.2) is 23.9 Å². The van der Waals surface area contributed by atoms with Crippen LogP contribution in [-0.2, 0) is 0 Å². The molecule has 98 valence electrons. The van der Waals surface area contributed by atoms with Gasteiger partial charge < -0.3 is 10.6 Å². The number of benzene rings is 1. The van der Waals surface area contributed by atoms with Crippen LogP contribution in [0.15, 0.2) is 18.2 Å². The zero-order valence-corrected chi connectivity index (χ0v) is 10.9. The summed E-state index contributed by atoms with van der Waals surface area (Å²) in [7, 11) is 0. The van der Waals surface area contributed by atoms with Crippen LogP contribution in [0.1, 0.15) is 37.0 Å². The van der Waals surface area contributed by atoms with Crippen LogP contribution in [0, 0.1) is 11.2 Å². The molecule has 0 bridgehead atoms. The molecule has 1 aromatic carbocycles. The summed E-state index contributed by atoms with van der Waals surface area (Å²) in [5.41, 5.74) is 6.48. The number of amides is 1. The van der Waals surface area contributed by atoms with Crippen LogP contribution in [0.2, 0.25) is 0 Å². The average Bonchev–Trinajstić information content (AvgIpc) is 2.30. The monoisotopic (exact) mass is 250 g/mol. The van der Waals surface area contributed by atoms with Crippen LogP contribution in [0.5, 0.6) is 0 Å². The van der Waals surface area contributed by atoms with Crippen molar-refractivity contribution < 1.29 is 9.18 Å². The molecule has 1 aliphatic rings. The molecule has 18 heavy (non-hydrogen) atoms. The van der Waals surface area contributed by atoms with Gasteiger partial charge in [0, 0.05) is 18.8 Å². The molecule has 1 amide bonds. The topological polar surface area (TPSA) is 46.3 Å². The minimum Gasteiger partial charge on any atom is -0.398 e. The Labute approximate surface area is 107 Å². The van der Waals surface area contributed by atoms with Crippen molar-refractivity contribution in [1.82, 2.24) is 4.90 Å². The summed E-state index contributed by atoms with van der Waals surface area (Å²) in [5, 5.41) is 0. The second kappa shape index (κ2) is 4.59. The number of nitrogens with zero attached hydrogens (tertiary/aromatic N) is 1. The highest BCUT2D eigenvalue weighted by Crippen LogP contribution is 2.29. The zero-order chi connectivity index (χ0) is 13.3. The van der Waals surface area contributed by atoms with Gasteiger partial charge in [0.05, 0.1) is 5.56 Å². The Morgan fingerprint density at radius 2 is 2.17 bits per heavy atom. The molecule has 0 saturated carbocycles. The maximum atomic E-state index is 13.2. The Balaban J connectivity index is 2.23. The summed E-state index contributed by atoms with van der Waals surface area (Å²) in [6, 6.07) is 3.93. The number of halogens is 1. The number of carbonyl (C=O) groups excluding carboxylic acids is 1. The van der Waals surface area contributed by atoms with E-state index in [9.17, 15) is 9.18 Å². The van der Waals surface area contributed by atoms with Crippen molar-refractivity contribution in [2.45, 2.75) is 26.7 Å². The molecule has 1 fully saturated rings. The minimum absolute atomic E-state index is 0.121. The molecule has 0 atom stereocenters. The highest BCUT2D eigenvalue weighted by atomic mass is 19.1. The standard InChI is InChI=1S/C14H19FN2O/c1-14(2)6-3-7-17(9-14)13(18)11-8-10(15)4-5-12(11)16/h4-5,8H,3,6-7,9,16H2,1-2H3. The third kappa shape index (κ3) is 2.63. The van der Waals surface area contributed by atoms with Gasteiger partial charge in [-0.2, -0.15) is 0 Å². The van der Waals surface area contributed by atoms with Gasteiger partial charge in [0.25, 0.3) is 5.91 Å². The fourth-order valence-electron chi connectivity index (χ4n) is 2.48. The van der Waals surface area contributed by atoms with E-state index in [0.717, 1.165) is 19.4 Å². The Bertz CT molecular complexity index is 471. The summed E-state index contributed by atoms with van der Waals surface area (Å²) in [6.45, 7) is 5.70. The SMILES string of the molecule is CC1(C)CCCN(C(=O)c2cc(F)ccc2N)C1. The highest BCUT2D eigenvalue weighted by molar-refractivity contribution is 5.99. The van der Waals surface area contributed by atoms with Gasteiger partial charge in [-0.1, -0.05) is 13.8 Å². The molecule has 0 aliphatic carbocycles. The molecule has 0 unspecified atom stereocenters. The third-order valence-electron chi connectivity index (χ3n) is 3.43. The summed E-state index contributed by atoms with van der Waals surface area (Å²) in [5.74, 6) is -0.594. The van der Waals surface area contributed by atoms with Crippen LogP contribution in [0.25, 0.3) is 0 Å². The minimum atomic E-state index is -0.427. The number of rotatable bonds is 1.